The molecule has 0 spiro atoms. The van der Waals surface area contributed by atoms with Gasteiger partial charge in [-0.1, -0.05) is 122 Å². The molecule has 2 heteroatoms. The predicted molar refractivity (Wildman–Crippen MR) is 129 cm³/mol. The van der Waals surface area contributed by atoms with Crippen LogP contribution in [0.4, 0.5) is 0 Å². The van der Waals surface area contributed by atoms with Crippen LogP contribution >= 0.6 is 11.8 Å². The van der Waals surface area contributed by atoms with Crippen molar-refractivity contribution < 1.29 is 5.11 Å². The van der Waals surface area contributed by atoms with Gasteiger partial charge in [0.25, 0.3) is 0 Å². The summed E-state index contributed by atoms with van der Waals surface area (Å²) < 4.78 is 0. The van der Waals surface area contributed by atoms with Crippen LogP contribution in [-0.4, -0.2) is 23.2 Å². The molecule has 0 aliphatic heterocycles. The third kappa shape index (κ3) is 16.1. The number of rotatable bonds is 20. The highest BCUT2D eigenvalue weighted by Crippen LogP contribution is 2.30. The van der Waals surface area contributed by atoms with Crippen molar-refractivity contribution in [3.8, 4) is 0 Å². The third-order valence-corrected chi connectivity index (χ3v) is 7.93. The quantitative estimate of drug-likeness (QED) is 0.202. The standard InChI is InChI=1S/C26H52OS/c1-2-3-4-5-6-7-8-9-10-11-12-13-14-18-21-28-24-26(23-27)22-25-19-16-15-17-20-25/h25-27H,2-24H2,1H3. The van der Waals surface area contributed by atoms with Gasteiger partial charge in [-0.3, -0.25) is 0 Å². The van der Waals surface area contributed by atoms with Crippen LogP contribution in [0, 0.1) is 11.8 Å². The predicted octanol–water partition coefficient (Wildman–Crippen LogP) is 8.78. The van der Waals surface area contributed by atoms with Gasteiger partial charge in [-0.05, 0) is 36.2 Å². The fourth-order valence-corrected chi connectivity index (χ4v) is 5.89. The van der Waals surface area contributed by atoms with Gasteiger partial charge >= 0.3 is 0 Å². The van der Waals surface area contributed by atoms with Gasteiger partial charge in [-0.2, -0.15) is 11.8 Å². The highest BCUT2D eigenvalue weighted by molar-refractivity contribution is 7.99. The van der Waals surface area contributed by atoms with Crippen LogP contribution in [-0.2, 0) is 0 Å². The first-order valence-corrected chi connectivity index (χ1v) is 14.2. The molecule has 0 bridgehead atoms. The first kappa shape index (κ1) is 26.3. The Labute approximate surface area is 182 Å². The Morgan fingerprint density at radius 2 is 1.21 bits per heavy atom. The second-order valence-corrected chi connectivity index (χ2v) is 10.6. The average molecular weight is 413 g/mol. The molecule has 168 valence electrons. The molecular formula is C26H52OS. The zero-order valence-corrected chi connectivity index (χ0v) is 20.1. The van der Waals surface area contributed by atoms with Crippen LogP contribution in [0.3, 0.4) is 0 Å². The molecule has 0 amide bonds. The number of thioether (sulfide) groups is 1. The Morgan fingerprint density at radius 3 is 1.71 bits per heavy atom. The summed E-state index contributed by atoms with van der Waals surface area (Å²) in [4.78, 5) is 0. The van der Waals surface area contributed by atoms with Gasteiger partial charge in [0.2, 0.25) is 0 Å². The van der Waals surface area contributed by atoms with Gasteiger partial charge in [-0.25, -0.2) is 0 Å². The molecule has 1 aliphatic rings. The molecule has 1 rings (SSSR count). The van der Waals surface area contributed by atoms with E-state index in [1.165, 1.54) is 140 Å². The van der Waals surface area contributed by atoms with E-state index < -0.39 is 0 Å². The maximum absolute atomic E-state index is 9.67. The first-order valence-electron chi connectivity index (χ1n) is 13.1. The maximum Gasteiger partial charge on any atom is 0.0467 e. The van der Waals surface area contributed by atoms with E-state index in [9.17, 15) is 5.11 Å². The van der Waals surface area contributed by atoms with E-state index in [1.807, 2.05) is 0 Å². The Hall–Kier alpha value is 0.310. The second-order valence-electron chi connectivity index (χ2n) is 9.46. The zero-order valence-electron chi connectivity index (χ0n) is 19.3. The molecule has 1 N–H and O–H groups in total. The lowest BCUT2D eigenvalue weighted by atomic mass is 9.83. The number of unbranched alkanes of at least 4 members (excludes halogenated alkanes) is 13. The molecule has 0 radical (unpaired) electrons. The van der Waals surface area contributed by atoms with Crippen molar-refractivity contribution in [3.63, 3.8) is 0 Å². The molecule has 28 heavy (non-hydrogen) atoms. The SMILES string of the molecule is CCCCCCCCCCCCCCCCSCC(CO)CC1CCCCC1. The lowest BCUT2D eigenvalue weighted by Crippen LogP contribution is -2.17. The Morgan fingerprint density at radius 1 is 0.714 bits per heavy atom. The summed E-state index contributed by atoms with van der Waals surface area (Å²) in [6, 6.07) is 0. The minimum absolute atomic E-state index is 0.405. The van der Waals surface area contributed by atoms with Gasteiger partial charge in [0, 0.05) is 6.61 Å². The molecule has 1 aliphatic carbocycles. The molecule has 0 aromatic carbocycles. The smallest absolute Gasteiger partial charge is 0.0467 e. The van der Waals surface area contributed by atoms with Crippen molar-refractivity contribution in [1.82, 2.24) is 0 Å². The van der Waals surface area contributed by atoms with E-state index >= 15 is 0 Å². The van der Waals surface area contributed by atoms with Crippen LogP contribution in [0.5, 0.6) is 0 Å². The first-order chi connectivity index (χ1) is 13.9. The average Bonchev–Trinajstić information content (AvgIpc) is 2.73. The maximum atomic E-state index is 9.67. The molecule has 0 saturated heterocycles. The Kier molecular flexibility index (Phi) is 19.4. The second kappa shape index (κ2) is 20.6. The minimum atomic E-state index is 0.405. The van der Waals surface area contributed by atoms with Gasteiger partial charge in [0.1, 0.15) is 0 Å². The highest BCUT2D eigenvalue weighted by atomic mass is 32.2. The molecular weight excluding hydrogens is 360 g/mol. The fourth-order valence-electron chi connectivity index (χ4n) is 4.74. The number of hydrogen-bond donors (Lipinski definition) is 1. The van der Waals surface area contributed by atoms with E-state index in [0.717, 1.165) is 5.92 Å². The monoisotopic (exact) mass is 412 g/mol. The summed E-state index contributed by atoms with van der Waals surface area (Å²) in [6.07, 6.45) is 28.6. The van der Waals surface area contributed by atoms with E-state index in [2.05, 4.69) is 18.7 Å². The van der Waals surface area contributed by atoms with Crippen molar-refractivity contribution in [2.75, 3.05) is 18.1 Å². The molecule has 1 fully saturated rings. The van der Waals surface area contributed by atoms with Crippen molar-refractivity contribution in [1.29, 1.82) is 0 Å². The van der Waals surface area contributed by atoms with E-state index in [1.54, 1.807) is 0 Å². The van der Waals surface area contributed by atoms with Gasteiger partial charge < -0.3 is 5.11 Å². The van der Waals surface area contributed by atoms with Crippen molar-refractivity contribution in [2.24, 2.45) is 11.8 Å². The van der Waals surface area contributed by atoms with Crippen molar-refractivity contribution in [3.05, 3.63) is 0 Å². The summed E-state index contributed by atoms with van der Waals surface area (Å²) in [6.45, 7) is 2.70. The third-order valence-electron chi connectivity index (χ3n) is 6.65. The highest BCUT2D eigenvalue weighted by Gasteiger charge is 2.18. The molecule has 0 aromatic heterocycles. The van der Waals surface area contributed by atoms with Crippen LogP contribution in [0.15, 0.2) is 0 Å². The molecule has 1 unspecified atom stereocenters. The molecule has 1 saturated carbocycles. The van der Waals surface area contributed by atoms with E-state index in [4.69, 9.17) is 0 Å². The van der Waals surface area contributed by atoms with Gasteiger partial charge in [0.15, 0.2) is 0 Å². The fraction of sp³-hybridized carbons (Fsp3) is 1.00. The largest absolute Gasteiger partial charge is 0.396 e. The number of aliphatic hydroxyl groups excluding tert-OH is 1. The summed E-state index contributed by atoms with van der Waals surface area (Å²) >= 11 is 2.10. The van der Waals surface area contributed by atoms with Crippen molar-refractivity contribution >= 4 is 11.8 Å². The number of aliphatic hydroxyl groups is 1. The topological polar surface area (TPSA) is 20.2 Å². The molecule has 1 nitrogen and oxygen atoms in total. The Balaban J connectivity index is 1.77. The lowest BCUT2D eigenvalue weighted by Gasteiger charge is -2.25. The lowest BCUT2D eigenvalue weighted by molar-refractivity contribution is 0.199. The van der Waals surface area contributed by atoms with E-state index in [0.29, 0.717) is 12.5 Å². The van der Waals surface area contributed by atoms with Gasteiger partial charge in [0.05, 0.1) is 0 Å². The zero-order chi connectivity index (χ0) is 20.1. The summed E-state index contributed by atoms with van der Waals surface area (Å²) in [5.41, 5.74) is 0. The van der Waals surface area contributed by atoms with Crippen LogP contribution < -0.4 is 0 Å². The summed E-state index contributed by atoms with van der Waals surface area (Å²) in [7, 11) is 0. The Bertz CT molecular complexity index is 301. The van der Waals surface area contributed by atoms with E-state index in [-0.39, 0.29) is 0 Å². The molecule has 0 heterocycles. The minimum Gasteiger partial charge on any atom is -0.396 e. The van der Waals surface area contributed by atoms with Crippen LogP contribution in [0.2, 0.25) is 0 Å². The van der Waals surface area contributed by atoms with Crippen LogP contribution in [0.1, 0.15) is 135 Å². The molecule has 1 atom stereocenters. The molecule has 0 aromatic rings. The number of hydrogen-bond acceptors (Lipinski definition) is 2. The summed E-state index contributed by atoms with van der Waals surface area (Å²) in [5, 5.41) is 9.67. The normalized spacial score (nSPS) is 16.5. The summed E-state index contributed by atoms with van der Waals surface area (Å²) in [5.74, 6) is 3.96. The van der Waals surface area contributed by atoms with Gasteiger partial charge in [-0.15, -0.1) is 0 Å². The van der Waals surface area contributed by atoms with Crippen LogP contribution in [0.25, 0.3) is 0 Å². The van der Waals surface area contributed by atoms with Crippen molar-refractivity contribution in [2.45, 2.75) is 135 Å².